The van der Waals surface area contributed by atoms with Crippen molar-refractivity contribution in [2.75, 3.05) is 13.1 Å². The Hall–Kier alpha value is -0.770. The van der Waals surface area contributed by atoms with Crippen molar-refractivity contribution >= 4 is 6.09 Å². The zero-order valence-electron chi connectivity index (χ0n) is 10.8. The zero-order chi connectivity index (χ0) is 12.3. The number of rotatable bonds is 4. The Labute approximate surface area is 98.1 Å². The molecule has 16 heavy (non-hydrogen) atoms. The fourth-order valence-electron chi connectivity index (χ4n) is 1.46. The molecular weight excluding hydrogens is 204 g/mol. The normalized spacial score (nSPS) is 18.1. The van der Waals surface area contributed by atoms with E-state index in [-0.39, 0.29) is 12.1 Å². The summed E-state index contributed by atoms with van der Waals surface area (Å²) in [6.45, 7) is 8.87. The molecule has 1 aliphatic rings. The summed E-state index contributed by atoms with van der Waals surface area (Å²) >= 11 is 0. The number of amides is 1. The van der Waals surface area contributed by atoms with Crippen molar-refractivity contribution in [3.05, 3.63) is 0 Å². The van der Waals surface area contributed by atoms with E-state index < -0.39 is 5.60 Å². The van der Waals surface area contributed by atoms with Crippen LogP contribution in [-0.4, -0.2) is 35.7 Å². The SMILES string of the molecule is C[C@@H](CN)N(CC1CC1)C(=O)OC(C)(C)C. The van der Waals surface area contributed by atoms with Gasteiger partial charge in [-0.15, -0.1) is 0 Å². The first kappa shape index (κ1) is 13.3. The van der Waals surface area contributed by atoms with E-state index in [1.54, 1.807) is 4.90 Å². The lowest BCUT2D eigenvalue weighted by Gasteiger charge is -2.31. The fraction of sp³-hybridized carbons (Fsp3) is 0.917. The molecule has 0 radical (unpaired) electrons. The lowest BCUT2D eigenvalue weighted by molar-refractivity contribution is 0.0172. The minimum atomic E-state index is -0.437. The summed E-state index contributed by atoms with van der Waals surface area (Å²) in [6.07, 6.45) is 2.20. The van der Waals surface area contributed by atoms with Crippen LogP contribution in [0.5, 0.6) is 0 Å². The Morgan fingerprint density at radius 2 is 2.06 bits per heavy atom. The maximum absolute atomic E-state index is 12.0. The highest BCUT2D eigenvalue weighted by Gasteiger charge is 2.31. The molecule has 1 rings (SSSR count). The van der Waals surface area contributed by atoms with Gasteiger partial charge in [0, 0.05) is 19.1 Å². The third-order valence-corrected chi connectivity index (χ3v) is 2.65. The van der Waals surface area contributed by atoms with Gasteiger partial charge in [-0.25, -0.2) is 4.79 Å². The first-order chi connectivity index (χ1) is 7.33. The van der Waals surface area contributed by atoms with Crippen LogP contribution in [0.1, 0.15) is 40.5 Å². The van der Waals surface area contributed by atoms with Crippen molar-refractivity contribution in [3.8, 4) is 0 Å². The predicted molar refractivity (Wildman–Crippen MR) is 64.2 cm³/mol. The monoisotopic (exact) mass is 228 g/mol. The number of nitrogens with two attached hydrogens (primary N) is 1. The molecule has 0 aromatic heterocycles. The quantitative estimate of drug-likeness (QED) is 0.800. The van der Waals surface area contributed by atoms with Crippen molar-refractivity contribution in [2.45, 2.75) is 52.2 Å². The van der Waals surface area contributed by atoms with Gasteiger partial charge in [0.25, 0.3) is 0 Å². The average Bonchev–Trinajstić information content (AvgIpc) is 2.93. The second kappa shape index (κ2) is 5.04. The smallest absolute Gasteiger partial charge is 0.410 e. The zero-order valence-corrected chi connectivity index (χ0v) is 10.8. The third kappa shape index (κ3) is 4.39. The highest BCUT2D eigenvalue weighted by molar-refractivity contribution is 5.68. The van der Waals surface area contributed by atoms with E-state index in [2.05, 4.69) is 0 Å². The topological polar surface area (TPSA) is 55.6 Å². The van der Waals surface area contributed by atoms with Crippen LogP contribution in [-0.2, 0) is 4.74 Å². The molecule has 0 saturated heterocycles. The summed E-state index contributed by atoms with van der Waals surface area (Å²) in [7, 11) is 0. The summed E-state index contributed by atoms with van der Waals surface area (Å²) in [5.41, 5.74) is 5.18. The summed E-state index contributed by atoms with van der Waals surface area (Å²) in [5, 5.41) is 0. The van der Waals surface area contributed by atoms with Crippen LogP contribution in [0.15, 0.2) is 0 Å². The number of hydrogen-bond donors (Lipinski definition) is 1. The van der Waals surface area contributed by atoms with Gasteiger partial charge >= 0.3 is 6.09 Å². The highest BCUT2D eigenvalue weighted by atomic mass is 16.6. The van der Waals surface area contributed by atoms with E-state index >= 15 is 0 Å². The van der Waals surface area contributed by atoms with Gasteiger partial charge in [-0.3, -0.25) is 0 Å². The van der Waals surface area contributed by atoms with Crippen molar-refractivity contribution in [3.63, 3.8) is 0 Å². The number of carbonyl (C=O) groups is 1. The van der Waals surface area contributed by atoms with E-state index in [0.717, 1.165) is 6.54 Å². The molecule has 1 saturated carbocycles. The largest absolute Gasteiger partial charge is 0.444 e. The van der Waals surface area contributed by atoms with Gasteiger partial charge < -0.3 is 15.4 Å². The third-order valence-electron chi connectivity index (χ3n) is 2.65. The van der Waals surface area contributed by atoms with Crippen molar-refractivity contribution in [2.24, 2.45) is 11.7 Å². The lowest BCUT2D eigenvalue weighted by atomic mass is 10.2. The number of ether oxygens (including phenoxy) is 1. The van der Waals surface area contributed by atoms with Crippen LogP contribution in [0.25, 0.3) is 0 Å². The van der Waals surface area contributed by atoms with Crippen LogP contribution in [0.4, 0.5) is 4.79 Å². The second-order valence-electron chi connectivity index (χ2n) is 5.66. The van der Waals surface area contributed by atoms with E-state index in [9.17, 15) is 4.79 Å². The molecule has 0 aromatic carbocycles. The average molecular weight is 228 g/mol. The van der Waals surface area contributed by atoms with Gasteiger partial charge in [0.1, 0.15) is 5.60 Å². The first-order valence-corrected chi connectivity index (χ1v) is 6.03. The Bertz CT molecular complexity index is 244. The minimum absolute atomic E-state index is 0.0513. The molecule has 4 heteroatoms. The molecule has 0 heterocycles. The summed E-state index contributed by atoms with van der Waals surface area (Å²) in [4.78, 5) is 13.7. The molecule has 1 aliphatic carbocycles. The van der Waals surface area contributed by atoms with Gasteiger partial charge in [0.05, 0.1) is 0 Å². The summed E-state index contributed by atoms with van der Waals surface area (Å²) < 4.78 is 5.38. The van der Waals surface area contributed by atoms with Gasteiger partial charge in [0.15, 0.2) is 0 Å². The molecule has 0 spiro atoms. The van der Waals surface area contributed by atoms with Crippen LogP contribution in [0.3, 0.4) is 0 Å². The maximum atomic E-state index is 12.0. The Kier molecular flexibility index (Phi) is 4.19. The Morgan fingerprint density at radius 1 is 1.50 bits per heavy atom. The minimum Gasteiger partial charge on any atom is -0.444 e. The molecule has 94 valence electrons. The van der Waals surface area contributed by atoms with Crippen molar-refractivity contribution in [1.82, 2.24) is 4.90 Å². The fourth-order valence-corrected chi connectivity index (χ4v) is 1.46. The van der Waals surface area contributed by atoms with Gasteiger partial charge in [0.2, 0.25) is 0 Å². The standard InChI is InChI=1S/C12H24N2O2/c1-9(7-13)14(8-10-5-6-10)11(15)16-12(2,3)4/h9-10H,5-8,13H2,1-4H3/t9-/m0/s1. The molecule has 1 amide bonds. The molecular formula is C12H24N2O2. The molecule has 0 bridgehead atoms. The highest BCUT2D eigenvalue weighted by Crippen LogP contribution is 2.30. The number of hydrogen-bond acceptors (Lipinski definition) is 3. The molecule has 0 aliphatic heterocycles. The lowest BCUT2D eigenvalue weighted by Crippen LogP contribution is -2.46. The molecule has 1 atom stereocenters. The molecule has 2 N–H and O–H groups in total. The van der Waals surface area contributed by atoms with E-state index in [1.165, 1.54) is 12.8 Å². The van der Waals surface area contributed by atoms with Crippen LogP contribution < -0.4 is 5.73 Å². The van der Waals surface area contributed by atoms with Crippen molar-refractivity contribution in [1.29, 1.82) is 0 Å². The molecule has 0 aromatic rings. The van der Waals surface area contributed by atoms with Crippen LogP contribution in [0.2, 0.25) is 0 Å². The molecule has 0 unspecified atom stereocenters. The number of carbonyl (C=O) groups excluding carboxylic acids is 1. The first-order valence-electron chi connectivity index (χ1n) is 6.03. The second-order valence-corrected chi connectivity index (χ2v) is 5.66. The van der Waals surface area contributed by atoms with Crippen LogP contribution in [0, 0.1) is 5.92 Å². The van der Waals surface area contributed by atoms with Gasteiger partial charge in [-0.1, -0.05) is 0 Å². The number of nitrogens with zero attached hydrogens (tertiary/aromatic N) is 1. The summed E-state index contributed by atoms with van der Waals surface area (Å²) in [6, 6.07) is 0.0513. The van der Waals surface area contributed by atoms with Gasteiger partial charge in [-0.05, 0) is 46.5 Å². The maximum Gasteiger partial charge on any atom is 0.410 e. The van der Waals surface area contributed by atoms with E-state index in [4.69, 9.17) is 10.5 Å². The predicted octanol–water partition coefficient (Wildman–Crippen LogP) is 1.98. The van der Waals surface area contributed by atoms with Gasteiger partial charge in [-0.2, -0.15) is 0 Å². The summed E-state index contributed by atoms with van der Waals surface area (Å²) in [5.74, 6) is 0.654. The Balaban J connectivity index is 2.55. The Morgan fingerprint density at radius 3 is 2.44 bits per heavy atom. The molecule has 1 fully saturated rings. The van der Waals surface area contributed by atoms with Crippen molar-refractivity contribution < 1.29 is 9.53 Å². The van der Waals surface area contributed by atoms with E-state index in [0.29, 0.717) is 12.5 Å². The molecule has 4 nitrogen and oxygen atoms in total. The van der Waals surface area contributed by atoms with Crippen LogP contribution >= 0.6 is 0 Å². The van der Waals surface area contributed by atoms with E-state index in [1.807, 2.05) is 27.7 Å².